The molecule has 0 aliphatic carbocycles. The van der Waals surface area contributed by atoms with Crippen LogP contribution in [0.1, 0.15) is 12.0 Å². The second-order valence-electron chi connectivity index (χ2n) is 6.49. The van der Waals surface area contributed by atoms with Crippen LogP contribution in [-0.2, 0) is 11.3 Å². The molecule has 1 saturated heterocycles. The molecule has 1 atom stereocenters. The van der Waals surface area contributed by atoms with Crippen LogP contribution in [0, 0.1) is 0 Å². The lowest BCUT2D eigenvalue weighted by molar-refractivity contribution is 0.0545. The molecule has 0 spiro atoms. The molecular weight excluding hydrogens is 306 g/mol. The maximum atomic E-state index is 6.13. The number of nitrogens with one attached hydrogen (secondary N) is 1. The van der Waals surface area contributed by atoms with Crippen LogP contribution in [-0.4, -0.2) is 19.2 Å². The van der Waals surface area contributed by atoms with Gasteiger partial charge in [-0.3, -0.25) is 0 Å². The van der Waals surface area contributed by atoms with Gasteiger partial charge in [0.05, 0.1) is 12.7 Å². The van der Waals surface area contributed by atoms with Gasteiger partial charge < -0.3 is 10.1 Å². The summed E-state index contributed by atoms with van der Waals surface area (Å²) in [6.07, 6.45) is 1.43. The fraction of sp³-hybridized carbons (Fsp3) is 0.217. The van der Waals surface area contributed by atoms with Crippen molar-refractivity contribution in [2.24, 2.45) is 0 Å². The number of rotatable bonds is 5. The summed E-state index contributed by atoms with van der Waals surface area (Å²) in [6, 6.07) is 27.8. The molecule has 0 aromatic heterocycles. The van der Waals surface area contributed by atoms with Gasteiger partial charge in [-0.2, -0.15) is 0 Å². The third-order valence-corrected chi connectivity index (χ3v) is 4.81. The van der Waals surface area contributed by atoms with Crippen molar-refractivity contribution in [3.05, 3.63) is 84.4 Å². The number of hydrogen-bond donors (Lipinski definition) is 1. The van der Waals surface area contributed by atoms with Crippen LogP contribution in [0.25, 0.3) is 22.3 Å². The van der Waals surface area contributed by atoms with E-state index in [-0.39, 0.29) is 0 Å². The largest absolute Gasteiger partial charge is 0.372 e. The SMILES string of the molecule is c1ccc(-c2ccccc2-c2ccccc2CO[C@H]2CCNC2)cc1. The molecule has 2 nitrogen and oxygen atoms in total. The van der Waals surface area contributed by atoms with Crippen molar-refractivity contribution in [2.45, 2.75) is 19.1 Å². The standard InChI is InChI=1S/C23H23NO/c1-2-8-18(9-3-1)21-11-6-7-13-23(21)22-12-5-4-10-19(22)17-25-20-14-15-24-16-20/h1-13,20,24H,14-17H2/t20-/m0/s1. The maximum absolute atomic E-state index is 6.13. The summed E-state index contributed by atoms with van der Waals surface area (Å²) in [5.74, 6) is 0. The fourth-order valence-electron chi connectivity index (χ4n) is 3.47. The third-order valence-electron chi connectivity index (χ3n) is 4.81. The van der Waals surface area contributed by atoms with Crippen LogP contribution in [0.5, 0.6) is 0 Å². The normalized spacial score (nSPS) is 16.9. The van der Waals surface area contributed by atoms with Crippen molar-refractivity contribution in [2.75, 3.05) is 13.1 Å². The highest BCUT2D eigenvalue weighted by molar-refractivity contribution is 5.84. The van der Waals surface area contributed by atoms with Gasteiger partial charge in [0.2, 0.25) is 0 Å². The van der Waals surface area contributed by atoms with Crippen LogP contribution in [0.15, 0.2) is 78.9 Å². The molecule has 126 valence electrons. The Labute approximate surface area is 149 Å². The molecule has 1 aliphatic heterocycles. The zero-order chi connectivity index (χ0) is 16.9. The monoisotopic (exact) mass is 329 g/mol. The van der Waals surface area contributed by atoms with Crippen LogP contribution < -0.4 is 5.32 Å². The van der Waals surface area contributed by atoms with Gasteiger partial charge in [-0.05, 0) is 40.8 Å². The van der Waals surface area contributed by atoms with E-state index in [4.69, 9.17) is 4.74 Å². The van der Waals surface area contributed by atoms with Crippen molar-refractivity contribution in [1.29, 1.82) is 0 Å². The molecule has 3 aromatic carbocycles. The Morgan fingerprint density at radius 1 is 0.760 bits per heavy atom. The van der Waals surface area contributed by atoms with E-state index in [1.165, 1.54) is 27.8 Å². The first-order valence-electron chi connectivity index (χ1n) is 8.97. The summed E-state index contributed by atoms with van der Waals surface area (Å²) in [5.41, 5.74) is 6.27. The average Bonchev–Trinajstić information content (AvgIpc) is 3.21. The van der Waals surface area contributed by atoms with Crippen LogP contribution in [0.4, 0.5) is 0 Å². The van der Waals surface area contributed by atoms with E-state index < -0.39 is 0 Å². The van der Waals surface area contributed by atoms with E-state index in [0.717, 1.165) is 19.5 Å². The summed E-state index contributed by atoms with van der Waals surface area (Å²) in [5, 5.41) is 3.36. The van der Waals surface area contributed by atoms with Gasteiger partial charge >= 0.3 is 0 Å². The van der Waals surface area contributed by atoms with Crippen molar-refractivity contribution >= 4 is 0 Å². The Hall–Kier alpha value is -2.42. The topological polar surface area (TPSA) is 21.3 Å². The maximum Gasteiger partial charge on any atom is 0.0727 e. The molecule has 4 rings (SSSR count). The minimum Gasteiger partial charge on any atom is -0.372 e. The molecule has 0 radical (unpaired) electrons. The summed E-state index contributed by atoms with van der Waals surface area (Å²) in [7, 11) is 0. The van der Waals surface area contributed by atoms with Crippen molar-refractivity contribution < 1.29 is 4.74 Å². The van der Waals surface area contributed by atoms with Gasteiger partial charge in [0, 0.05) is 6.54 Å². The van der Waals surface area contributed by atoms with E-state index in [0.29, 0.717) is 12.7 Å². The first kappa shape index (κ1) is 16.1. The molecule has 1 N–H and O–H groups in total. The lowest BCUT2D eigenvalue weighted by Crippen LogP contribution is -2.16. The summed E-state index contributed by atoms with van der Waals surface area (Å²) < 4.78 is 6.13. The molecule has 3 aromatic rings. The van der Waals surface area contributed by atoms with Gasteiger partial charge in [-0.15, -0.1) is 0 Å². The third kappa shape index (κ3) is 3.65. The van der Waals surface area contributed by atoms with Crippen molar-refractivity contribution in [1.82, 2.24) is 5.32 Å². The van der Waals surface area contributed by atoms with E-state index in [1.54, 1.807) is 0 Å². The predicted molar refractivity (Wildman–Crippen MR) is 103 cm³/mol. The first-order valence-corrected chi connectivity index (χ1v) is 8.97. The molecule has 0 amide bonds. The van der Waals surface area contributed by atoms with Crippen LogP contribution in [0.3, 0.4) is 0 Å². The van der Waals surface area contributed by atoms with E-state index in [9.17, 15) is 0 Å². The zero-order valence-electron chi connectivity index (χ0n) is 14.3. The molecule has 1 heterocycles. The number of hydrogen-bond acceptors (Lipinski definition) is 2. The molecule has 0 saturated carbocycles. The molecule has 1 fully saturated rings. The van der Waals surface area contributed by atoms with Crippen molar-refractivity contribution in [3.63, 3.8) is 0 Å². The lowest BCUT2D eigenvalue weighted by atomic mass is 9.92. The van der Waals surface area contributed by atoms with Crippen LogP contribution >= 0.6 is 0 Å². The van der Waals surface area contributed by atoms with Crippen molar-refractivity contribution in [3.8, 4) is 22.3 Å². The van der Waals surface area contributed by atoms with Gasteiger partial charge in [-0.25, -0.2) is 0 Å². The van der Waals surface area contributed by atoms with E-state index >= 15 is 0 Å². The minimum absolute atomic E-state index is 0.331. The Bertz CT molecular complexity index is 822. The highest BCUT2D eigenvalue weighted by Gasteiger charge is 2.16. The molecule has 0 unspecified atom stereocenters. The second-order valence-corrected chi connectivity index (χ2v) is 6.49. The second kappa shape index (κ2) is 7.64. The van der Waals surface area contributed by atoms with E-state index in [2.05, 4.69) is 84.2 Å². The molecule has 1 aliphatic rings. The summed E-state index contributed by atoms with van der Waals surface area (Å²) >= 11 is 0. The molecule has 25 heavy (non-hydrogen) atoms. The number of ether oxygens (including phenoxy) is 1. The highest BCUT2D eigenvalue weighted by Crippen LogP contribution is 2.34. The van der Waals surface area contributed by atoms with Gasteiger partial charge in [0.1, 0.15) is 0 Å². The summed E-state index contributed by atoms with van der Waals surface area (Å²) in [4.78, 5) is 0. The Balaban J connectivity index is 1.68. The number of benzene rings is 3. The molecular formula is C23H23NO. The Morgan fingerprint density at radius 2 is 1.44 bits per heavy atom. The fourth-order valence-corrected chi connectivity index (χ4v) is 3.47. The Morgan fingerprint density at radius 3 is 2.20 bits per heavy atom. The highest BCUT2D eigenvalue weighted by atomic mass is 16.5. The average molecular weight is 329 g/mol. The first-order chi connectivity index (χ1) is 12.4. The molecule has 0 bridgehead atoms. The van der Waals surface area contributed by atoms with Gasteiger partial charge in [0.25, 0.3) is 0 Å². The Kier molecular flexibility index (Phi) is 4.91. The zero-order valence-corrected chi connectivity index (χ0v) is 14.3. The van der Waals surface area contributed by atoms with E-state index in [1.807, 2.05) is 0 Å². The van der Waals surface area contributed by atoms with Crippen LogP contribution in [0.2, 0.25) is 0 Å². The minimum atomic E-state index is 0.331. The quantitative estimate of drug-likeness (QED) is 0.719. The lowest BCUT2D eigenvalue weighted by Gasteiger charge is -2.16. The van der Waals surface area contributed by atoms with Gasteiger partial charge in [-0.1, -0.05) is 78.9 Å². The smallest absolute Gasteiger partial charge is 0.0727 e. The van der Waals surface area contributed by atoms with Gasteiger partial charge in [0.15, 0.2) is 0 Å². The summed E-state index contributed by atoms with van der Waals surface area (Å²) in [6.45, 7) is 2.68. The molecule has 2 heteroatoms. The predicted octanol–water partition coefficient (Wildman–Crippen LogP) is 4.90.